The van der Waals surface area contributed by atoms with Crippen molar-refractivity contribution in [2.45, 2.75) is 26.8 Å². The van der Waals surface area contributed by atoms with Gasteiger partial charge in [0.15, 0.2) is 11.6 Å². The van der Waals surface area contributed by atoms with Crippen LogP contribution < -0.4 is 15.6 Å². The van der Waals surface area contributed by atoms with E-state index in [0.29, 0.717) is 31.2 Å². The van der Waals surface area contributed by atoms with E-state index < -0.39 is 0 Å². The van der Waals surface area contributed by atoms with Crippen molar-refractivity contribution in [2.75, 3.05) is 11.9 Å². The van der Waals surface area contributed by atoms with E-state index in [4.69, 9.17) is 4.74 Å². The quantitative estimate of drug-likeness (QED) is 0.667. The summed E-state index contributed by atoms with van der Waals surface area (Å²) >= 11 is 0. The van der Waals surface area contributed by atoms with Crippen LogP contribution in [-0.2, 0) is 13.0 Å². The summed E-state index contributed by atoms with van der Waals surface area (Å²) in [6.45, 7) is 4.61. The maximum absolute atomic E-state index is 13.9. The van der Waals surface area contributed by atoms with Gasteiger partial charge in [-0.2, -0.15) is 0 Å². The summed E-state index contributed by atoms with van der Waals surface area (Å²) < 4.78 is 19.1. The van der Waals surface area contributed by atoms with Gasteiger partial charge in [-0.1, -0.05) is 13.0 Å². The first-order chi connectivity index (χ1) is 13.1. The second-order valence-electron chi connectivity index (χ2n) is 5.92. The number of pyridine rings is 1. The average Bonchev–Trinajstić information content (AvgIpc) is 2.68. The Morgan fingerprint density at radius 2 is 2.04 bits per heavy atom. The Morgan fingerprint density at radius 1 is 1.19 bits per heavy atom. The zero-order chi connectivity index (χ0) is 19.2. The summed E-state index contributed by atoms with van der Waals surface area (Å²) in [5.74, 6) is 0.999. The van der Waals surface area contributed by atoms with Crippen LogP contribution in [0.1, 0.15) is 25.1 Å². The van der Waals surface area contributed by atoms with Crippen molar-refractivity contribution in [2.24, 2.45) is 0 Å². The van der Waals surface area contributed by atoms with E-state index in [9.17, 15) is 9.18 Å². The zero-order valence-corrected chi connectivity index (χ0v) is 15.3. The lowest BCUT2D eigenvalue weighted by Gasteiger charge is -2.09. The summed E-state index contributed by atoms with van der Waals surface area (Å²) in [6, 6.07) is 9.97. The zero-order valence-electron chi connectivity index (χ0n) is 15.3. The van der Waals surface area contributed by atoms with Gasteiger partial charge in [0, 0.05) is 30.1 Å². The molecule has 1 aromatic carbocycles. The van der Waals surface area contributed by atoms with E-state index in [-0.39, 0.29) is 17.1 Å². The summed E-state index contributed by atoms with van der Waals surface area (Å²) in [5, 5.41) is 3.14. The van der Waals surface area contributed by atoms with Gasteiger partial charge in [0.25, 0.3) is 5.56 Å². The molecule has 2 heterocycles. The van der Waals surface area contributed by atoms with Crippen molar-refractivity contribution in [3.63, 3.8) is 0 Å². The maximum Gasteiger partial charge on any atom is 0.251 e. The highest BCUT2D eigenvalue weighted by Gasteiger charge is 2.06. The number of hydrogen-bond acceptors (Lipinski definition) is 5. The predicted molar refractivity (Wildman–Crippen MR) is 102 cm³/mol. The molecule has 0 saturated carbocycles. The Hall–Kier alpha value is -3.22. The number of rotatable bonds is 7. The fourth-order valence-electron chi connectivity index (χ4n) is 2.58. The Kier molecular flexibility index (Phi) is 5.80. The van der Waals surface area contributed by atoms with Crippen LogP contribution in [0.3, 0.4) is 0 Å². The Morgan fingerprint density at radius 3 is 2.70 bits per heavy atom. The third kappa shape index (κ3) is 4.69. The number of aromatic nitrogens is 3. The molecule has 7 heteroatoms. The summed E-state index contributed by atoms with van der Waals surface area (Å²) in [6.07, 6.45) is 2.32. The van der Waals surface area contributed by atoms with Gasteiger partial charge in [-0.3, -0.25) is 4.79 Å². The molecular weight excluding hydrogens is 347 g/mol. The first kappa shape index (κ1) is 18.6. The monoisotopic (exact) mass is 368 g/mol. The van der Waals surface area contributed by atoms with Gasteiger partial charge in [-0.15, -0.1) is 0 Å². The largest absolute Gasteiger partial charge is 0.491 e. The summed E-state index contributed by atoms with van der Waals surface area (Å²) in [5.41, 5.74) is 2.05. The van der Waals surface area contributed by atoms with Gasteiger partial charge in [-0.05, 0) is 43.2 Å². The molecule has 0 fully saturated rings. The summed E-state index contributed by atoms with van der Waals surface area (Å²) in [7, 11) is 0. The molecule has 0 aliphatic carbocycles. The Bertz CT molecular complexity index is 970. The van der Waals surface area contributed by atoms with E-state index in [1.807, 2.05) is 19.9 Å². The summed E-state index contributed by atoms with van der Waals surface area (Å²) in [4.78, 5) is 23.2. The highest BCUT2D eigenvalue weighted by atomic mass is 19.1. The van der Waals surface area contributed by atoms with E-state index in [1.165, 1.54) is 12.1 Å². The molecule has 0 atom stereocenters. The Labute approximate surface area is 156 Å². The van der Waals surface area contributed by atoms with Crippen LogP contribution in [0.5, 0.6) is 5.75 Å². The minimum Gasteiger partial charge on any atom is -0.491 e. The van der Waals surface area contributed by atoms with Crippen LogP contribution in [0.15, 0.2) is 47.4 Å². The van der Waals surface area contributed by atoms with Crippen molar-refractivity contribution in [1.82, 2.24) is 15.0 Å². The lowest BCUT2D eigenvalue weighted by Crippen LogP contribution is -2.10. The molecule has 140 valence electrons. The molecule has 3 aromatic rings. The average molecular weight is 368 g/mol. The molecule has 6 nitrogen and oxygen atoms in total. The fraction of sp³-hybridized carbons (Fsp3) is 0.250. The molecule has 0 unspecified atom stereocenters. The van der Waals surface area contributed by atoms with Crippen LogP contribution in [-0.4, -0.2) is 21.6 Å². The lowest BCUT2D eigenvalue weighted by atomic mass is 10.2. The van der Waals surface area contributed by atoms with Gasteiger partial charge in [0.2, 0.25) is 0 Å². The van der Waals surface area contributed by atoms with Gasteiger partial charge in [-0.25, -0.2) is 14.4 Å². The van der Waals surface area contributed by atoms with E-state index in [1.54, 1.807) is 24.4 Å². The normalized spacial score (nSPS) is 10.6. The number of aromatic amines is 1. The molecular formula is C20H21FN4O2. The number of H-pyrrole nitrogens is 1. The number of nitrogens with one attached hydrogen (secondary N) is 2. The number of benzene rings is 1. The van der Waals surface area contributed by atoms with E-state index in [0.717, 1.165) is 16.8 Å². The molecule has 0 aliphatic rings. The molecule has 2 N–H and O–H groups in total. The number of halogens is 1. The van der Waals surface area contributed by atoms with Crippen molar-refractivity contribution in [3.05, 3.63) is 70.0 Å². The lowest BCUT2D eigenvalue weighted by molar-refractivity contribution is 0.321. The van der Waals surface area contributed by atoms with Crippen LogP contribution in [0.4, 0.5) is 10.2 Å². The van der Waals surface area contributed by atoms with E-state index in [2.05, 4.69) is 20.3 Å². The van der Waals surface area contributed by atoms with Gasteiger partial charge < -0.3 is 15.0 Å². The van der Waals surface area contributed by atoms with E-state index >= 15 is 0 Å². The van der Waals surface area contributed by atoms with Crippen molar-refractivity contribution < 1.29 is 9.13 Å². The molecule has 2 aromatic heterocycles. The molecule has 27 heavy (non-hydrogen) atoms. The molecule has 0 aliphatic heterocycles. The molecule has 0 spiro atoms. The van der Waals surface area contributed by atoms with Gasteiger partial charge in [0.1, 0.15) is 11.6 Å². The topological polar surface area (TPSA) is 79.9 Å². The maximum atomic E-state index is 13.9. The van der Waals surface area contributed by atoms with Crippen molar-refractivity contribution >= 4 is 5.82 Å². The highest BCUT2D eigenvalue weighted by molar-refractivity contribution is 5.56. The molecule has 3 rings (SSSR count). The second-order valence-corrected chi connectivity index (χ2v) is 5.92. The first-order valence-electron chi connectivity index (χ1n) is 8.80. The second kappa shape index (κ2) is 8.44. The smallest absolute Gasteiger partial charge is 0.251 e. The SMILES string of the molecule is CCOc1ccc(CNc2ccc(-c3nc(CC)cc(=O)[nH]3)cn2)cc1F. The van der Waals surface area contributed by atoms with Crippen molar-refractivity contribution in [1.29, 1.82) is 0 Å². The van der Waals surface area contributed by atoms with Crippen LogP contribution in [0, 0.1) is 5.82 Å². The third-order valence-electron chi connectivity index (χ3n) is 3.96. The van der Waals surface area contributed by atoms with Gasteiger partial charge >= 0.3 is 0 Å². The standard InChI is InChI=1S/C20H21FN4O2/c1-3-15-10-19(26)25-20(24-15)14-6-8-18(23-12-14)22-11-13-5-7-17(27-4-2)16(21)9-13/h5-10,12H,3-4,11H2,1-2H3,(H,22,23)(H,24,25,26). The number of hydrogen-bond donors (Lipinski definition) is 2. The minimum atomic E-state index is -0.384. The number of ether oxygens (including phenoxy) is 1. The molecule has 0 saturated heterocycles. The molecule has 0 bridgehead atoms. The third-order valence-corrected chi connectivity index (χ3v) is 3.96. The van der Waals surface area contributed by atoms with Gasteiger partial charge in [0.05, 0.1) is 6.61 Å². The van der Waals surface area contributed by atoms with Crippen molar-refractivity contribution in [3.8, 4) is 17.1 Å². The Balaban J connectivity index is 1.68. The first-order valence-corrected chi connectivity index (χ1v) is 8.80. The molecule has 0 radical (unpaired) electrons. The predicted octanol–water partition coefficient (Wildman–Crippen LogP) is 3.54. The number of nitrogens with zero attached hydrogens (tertiary/aromatic N) is 2. The van der Waals surface area contributed by atoms with Crippen LogP contribution in [0.25, 0.3) is 11.4 Å². The van der Waals surface area contributed by atoms with Crippen LogP contribution in [0.2, 0.25) is 0 Å². The number of aryl methyl sites for hydroxylation is 1. The molecule has 0 amide bonds. The minimum absolute atomic E-state index is 0.184. The fourth-order valence-corrected chi connectivity index (χ4v) is 2.58. The van der Waals surface area contributed by atoms with Crippen LogP contribution >= 0.6 is 0 Å². The highest BCUT2D eigenvalue weighted by Crippen LogP contribution is 2.19. The number of anilines is 1.